The van der Waals surface area contributed by atoms with Gasteiger partial charge in [-0.05, 0) is 78.2 Å². The predicted molar refractivity (Wildman–Crippen MR) is 171 cm³/mol. The van der Waals surface area contributed by atoms with Crippen molar-refractivity contribution in [3.8, 4) is 11.5 Å². The molecular weight excluding hydrogens is 574 g/mol. The maximum absolute atomic E-state index is 13.6. The van der Waals surface area contributed by atoms with Crippen LogP contribution in [-0.2, 0) is 21.4 Å². The maximum atomic E-state index is 13.6. The molecule has 2 heterocycles. The number of hydrogen-bond donors (Lipinski definition) is 2. The molecule has 0 saturated carbocycles. The van der Waals surface area contributed by atoms with Gasteiger partial charge in [0.1, 0.15) is 11.5 Å². The Balaban J connectivity index is 1.19. The fourth-order valence-electron chi connectivity index (χ4n) is 6.15. The van der Waals surface area contributed by atoms with Crippen molar-refractivity contribution < 1.29 is 22.7 Å². The average Bonchev–Trinajstić information content (AvgIpc) is 3.04. The molecule has 0 aliphatic carbocycles. The highest BCUT2D eigenvalue weighted by Crippen LogP contribution is 2.34. The zero-order chi connectivity index (χ0) is 30.5. The minimum atomic E-state index is -3.94. The summed E-state index contributed by atoms with van der Waals surface area (Å²) in [5.41, 5.74) is 2.82. The number of benzene rings is 4. The Labute approximate surface area is 259 Å². The van der Waals surface area contributed by atoms with E-state index in [2.05, 4.69) is 33.1 Å². The molecular formula is C35H39N3O5S. The number of amides is 1. The zero-order valence-corrected chi connectivity index (χ0v) is 25.8. The molecule has 9 heteroatoms. The van der Waals surface area contributed by atoms with Gasteiger partial charge in [0.25, 0.3) is 0 Å². The van der Waals surface area contributed by atoms with E-state index in [1.165, 1.54) is 24.8 Å². The molecule has 1 fully saturated rings. The Morgan fingerprint density at radius 1 is 0.955 bits per heavy atom. The quantitative estimate of drug-likeness (QED) is 0.232. The third-order valence-electron chi connectivity index (χ3n) is 8.54. The molecule has 1 amide bonds. The van der Waals surface area contributed by atoms with Crippen LogP contribution in [0.25, 0.3) is 10.8 Å². The van der Waals surface area contributed by atoms with Crippen LogP contribution in [0.15, 0.2) is 89.8 Å². The van der Waals surface area contributed by atoms with Gasteiger partial charge >= 0.3 is 0 Å². The van der Waals surface area contributed by atoms with Crippen LogP contribution in [0.3, 0.4) is 0 Å². The lowest BCUT2D eigenvalue weighted by Crippen LogP contribution is -2.36. The monoisotopic (exact) mass is 613 g/mol. The highest BCUT2D eigenvalue weighted by molar-refractivity contribution is 7.89. The number of ether oxygens (including phenoxy) is 2. The van der Waals surface area contributed by atoms with E-state index in [0.717, 1.165) is 41.7 Å². The van der Waals surface area contributed by atoms with Crippen LogP contribution in [0, 0.1) is 0 Å². The Morgan fingerprint density at radius 2 is 1.73 bits per heavy atom. The summed E-state index contributed by atoms with van der Waals surface area (Å²) in [4.78, 5) is 16.2. The van der Waals surface area contributed by atoms with Crippen LogP contribution in [0.1, 0.15) is 60.9 Å². The van der Waals surface area contributed by atoms with Crippen LogP contribution >= 0.6 is 0 Å². The molecule has 4 aromatic carbocycles. The minimum Gasteiger partial charge on any atom is -0.497 e. The van der Waals surface area contributed by atoms with Gasteiger partial charge in [0.2, 0.25) is 15.9 Å². The lowest BCUT2D eigenvalue weighted by Gasteiger charge is -2.29. The topological polar surface area (TPSA) is 97.0 Å². The molecule has 2 aliphatic heterocycles. The standard InChI is InChI=1S/C35H39N3O5S/c1-42-29-13-10-27(11-14-29)33(37-44(40,41)30-15-12-26-7-3-4-8-28(26)22-30)23-35(39)36-32-17-20-43-34-21-25(9-16-31(32)34)24-38-18-5-2-6-19-38/h3-4,7-16,21-22,32-33,37H,2,5-6,17-20,23-24H2,1H3,(H,36,39). The van der Waals surface area contributed by atoms with Crippen molar-refractivity contribution in [2.24, 2.45) is 0 Å². The Bertz CT molecular complexity index is 1720. The normalized spacial score (nSPS) is 17.8. The number of rotatable bonds is 10. The van der Waals surface area contributed by atoms with Crippen molar-refractivity contribution >= 4 is 26.7 Å². The van der Waals surface area contributed by atoms with Crippen LogP contribution in [0.2, 0.25) is 0 Å². The van der Waals surface area contributed by atoms with Crippen LogP contribution in [0.4, 0.5) is 0 Å². The summed E-state index contributed by atoms with van der Waals surface area (Å²) in [6, 6.07) is 25.0. The average molecular weight is 614 g/mol. The van der Waals surface area contributed by atoms with Gasteiger partial charge in [-0.15, -0.1) is 0 Å². The first kappa shape index (κ1) is 30.1. The summed E-state index contributed by atoms with van der Waals surface area (Å²) in [7, 11) is -2.37. The Hall–Kier alpha value is -3.92. The molecule has 6 rings (SSSR count). The number of fused-ring (bicyclic) bond motifs is 2. The third kappa shape index (κ3) is 7.07. The van der Waals surface area contributed by atoms with Crippen LogP contribution in [0.5, 0.6) is 11.5 Å². The van der Waals surface area contributed by atoms with Gasteiger partial charge in [-0.3, -0.25) is 9.69 Å². The second-order valence-electron chi connectivity index (χ2n) is 11.6. The lowest BCUT2D eigenvalue weighted by molar-refractivity contribution is -0.122. The van der Waals surface area contributed by atoms with Crippen molar-refractivity contribution in [3.05, 3.63) is 102 Å². The summed E-state index contributed by atoms with van der Waals surface area (Å²) >= 11 is 0. The molecule has 1 saturated heterocycles. The number of carbonyl (C=O) groups is 1. The number of carbonyl (C=O) groups excluding carboxylic acids is 1. The first-order valence-electron chi connectivity index (χ1n) is 15.3. The number of nitrogens with zero attached hydrogens (tertiary/aromatic N) is 1. The summed E-state index contributed by atoms with van der Waals surface area (Å²) in [5, 5.41) is 4.94. The zero-order valence-electron chi connectivity index (χ0n) is 25.0. The fraction of sp³-hybridized carbons (Fsp3) is 0.343. The Morgan fingerprint density at radius 3 is 2.50 bits per heavy atom. The molecule has 4 aromatic rings. The second kappa shape index (κ2) is 13.4. The van der Waals surface area contributed by atoms with Crippen molar-refractivity contribution in [3.63, 3.8) is 0 Å². The molecule has 0 bridgehead atoms. The van der Waals surface area contributed by atoms with Crippen LogP contribution in [-0.4, -0.2) is 46.0 Å². The number of sulfonamides is 1. The van der Waals surface area contributed by atoms with E-state index >= 15 is 0 Å². The van der Waals surface area contributed by atoms with Crippen LogP contribution < -0.4 is 19.5 Å². The molecule has 8 nitrogen and oxygen atoms in total. The van der Waals surface area contributed by atoms with Gasteiger partial charge in [-0.1, -0.05) is 61.0 Å². The summed E-state index contributed by atoms with van der Waals surface area (Å²) < 4.78 is 41.3. The van der Waals surface area contributed by atoms with Crippen molar-refractivity contribution in [2.75, 3.05) is 26.8 Å². The first-order valence-corrected chi connectivity index (χ1v) is 16.8. The summed E-state index contributed by atoms with van der Waals surface area (Å²) in [6.07, 6.45) is 4.35. The van der Waals surface area contributed by atoms with E-state index in [1.807, 2.05) is 24.3 Å². The first-order chi connectivity index (χ1) is 21.4. The number of methoxy groups -OCH3 is 1. The SMILES string of the molecule is COc1ccc(C(CC(=O)NC2CCOc3cc(CN4CCCCC4)ccc32)NS(=O)(=O)c2ccc3ccccc3c2)cc1. The van der Waals surface area contributed by atoms with Gasteiger partial charge in [0.05, 0.1) is 30.7 Å². The highest BCUT2D eigenvalue weighted by atomic mass is 32.2. The number of likely N-dealkylation sites (tertiary alicyclic amines) is 1. The Kier molecular flexibility index (Phi) is 9.16. The van der Waals surface area contributed by atoms with E-state index in [9.17, 15) is 13.2 Å². The largest absolute Gasteiger partial charge is 0.497 e. The molecule has 2 aliphatic rings. The van der Waals surface area contributed by atoms with Gasteiger partial charge < -0.3 is 14.8 Å². The summed E-state index contributed by atoms with van der Waals surface area (Å²) in [6.45, 7) is 3.64. The molecule has 0 radical (unpaired) electrons. The van der Waals surface area contributed by atoms with E-state index < -0.39 is 16.1 Å². The molecule has 0 aromatic heterocycles. The van der Waals surface area contributed by atoms with Crippen molar-refractivity contribution in [1.29, 1.82) is 0 Å². The van der Waals surface area contributed by atoms with Gasteiger partial charge in [0, 0.05) is 24.9 Å². The van der Waals surface area contributed by atoms with E-state index in [4.69, 9.17) is 9.47 Å². The van der Waals surface area contributed by atoms with E-state index in [0.29, 0.717) is 24.3 Å². The maximum Gasteiger partial charge on any atom is 0.241 e. The van der Waals surface area contributed by atoms with E-state index in [1.54, 1.807) is 49.6 Å². The van der Waals surface area contributed by atoms with Gasteiger partial charge in [-0.2, -0.15) is 0 Å². The van der Waals surface area contributed by atoms with E-state index in [-0.39, 0.29) is 23.3 Å². The number of nitrogens with one attached hydrogen (secondary N) is 2. The molecule has 44 heavy (non-hydrogen) atoms. The summed E-state index contributed by atoms with van der Waals surface area (Å²) in [5.74, 6) is 1.20. The van der Waals surface area contributed by atoms with Gasteiger partial charge in [0.15, 0.2) is 0 Å². The molecule has 230 valence electrons. The van der Waals surface area contributed by atoms with Crippen molar-refractivity contribution in [2.45, 2.75) is 55.6 Å². The molecule has 2 atom stereocenters. The minimum absolute atomic E-state index is 0.0706. The number of hydrogen-bond acceptors (Lipinski definition) is 6. The smallest absolute Gasteiger partial charge is 0.241 e. The van der Waals surface area contributed by atoms with Gasteiger partial charge in [-0.25, -0.2) is 13.1 Å². The fourth-order valence-corrected chi connectivity index (χ4v) is 7.41. The molecule has 0 spiro atoms. The molecule has 2 N–H and O–H groups in total. The number of piperidine rings is 1. The molecule has 2 unspecified atom stereocenters. The second-order valence-corrected chi connectivity index (χ2v) is 13.3. The highest BCUT2D eigenvalue weighted by Gasteiger charge is 2.28. The third-order valence-corrected chi connectivity index (χ3v) is 10.0. The lowest BCUT2D eigenvalue weighted by atomic mass is 9.97. The predicted octanol–water partition coefficient (Wildman–Crippen LogP) is 5.88. The van der Waals surface area contributed by atoms with Crippen molar-refractivity contribution in [1.82, 2.24) is 14.9 Å².